The molecule has 0 saturated carbocycles. The Kier molecular flexibility index (Phi) is 3.52. The lowest BCUT2D eigenvalue weighted by Gasteiger charge is -1.97. The second-order valence-corrected chi connectivity index (χ2v) is 2.98. The molecule has 3 nitrogen and oxygen atoms in total. The summed E-state index contributed by atoms with van der Waals surface area (Å²) in [4.78, 5) is 10.6. The minimum atomic E-state index is -1.02. The number of carbonyl (C=O) groups is 1. The molecule has 0 radical (unpaired) electrons. The maximum Gasteiger partial charge on any atom is 0.335 e. The first-order valence-corrected chi connectivity index (χ1v) is 4.24. The maximum atomic E-state index is 10.6. The van der Waals surface area contributed by atoms with Gasteiger partial charge in [0.1, 0.15) is 0 Å². The van der Waals surface area contributed by atoms with Crippen LogP contribution in [0.1, 0.15) is 15.9 Å². The van der Waals surface area contributed by atoms with Gasteiger partial charge in [-0.3, -0.25) is 0 Å². The van der Waals surface area contributed by atoms with Crippen molar-refractivity contribution in [2.45, 2.75) is 0 Å². The highest BCUT2D eigenvalue weighted by atomic mass is 35.5. The van der Waals surface area contributed by atoms with Crippen molar-refractivity contribution in [3.63, 3.8) is 0 Å². The standard InChI is InChI=1S/C10H8ClNO2/c11-9-5-7(2-1-3-12)4-8(6-9)10(13)14/h4-6H,3,12H2,(H,13,14). The quantitative estimate of drug-likeness (QED) is 0.687. The highest BCUT2D eigenvalue weighted by molar-refractivity contribution is 6.31. The van der Waals surface area contributed by atoms with Crippen LogP contribution in [-0.2, 0) is 0 Å². The summed E-state index contributed by atoms with van der Waals surface area (Å²) in [6, 6.07) is 4.42. The fourth-order valence-corrected chi connectivity index (χ4v) is 1.17. The third-order valence-corrected chi connectivity index (χ3v) is 1.70. The van der Waals surface area contributed by atoms with Gasteiger partial charge in [0, 0.05) is 10.6 Å². The zero-order valence-corrected chi connectivity index (χ0v) is 8.01. The molecule has 0 aromatic heterocycles. The van der Waals surface area contributed by atoms with Gasteiger partial charge in [-0.05, 0) is 18.2 Å². The molecule has 14 heavy (non-hydrogen) atoms. The molecule has 1 aromatic carbocycles. The molecule has 1 rings (SSSR count). The molecule has 0 atom stereocenters. The fourth-order valence-electron chi connectivity index (χ4n) is 0.938. The Balaban J connectivity index is 3.13. The third kappa shape index (κ3) is 2.77. The van der Waals surface area contributed by atoms with Crippen molar-refractivity contribution in [2.75, 3.05) is 6.54 Å². The van der Waals surface area contributed by atoms with Crippen LogP contribution < -0.4 is 5.73 Å². The van der Waals surface area contributed by atoms with Gasteiger partial charge in [-0.15, -0.1) is 0 Å². The molecule has 0 bridgehead atoms. The Morgan fingerprint density at radius 2 is 2.21 bits per heavy atom. The number of nitrogens with two attached hydrogens (primary N) is 1. The minimum Gasteiger partial charge on any atom is -0.478 e. The Morgan fingerprint density at radius 3 is 2.79 bits per heavy atom. The fraction of sp³-hybridized carbons (Fsp3) is 0.100. The van der Waals surface area contributed by atoms with Crippen LogP contribution in [0.3, 0.4) is 0 Å². The molecule has 0 spiro atoms. The van der Waals surface area contributed by atoms with Gasteiger partial charge in [0.05, 0.1) is 12.1 Å². The third-order valence-electron chi connectivity index (χ3n) is 1.48. The molecule has 0 unspecified atom stereocenters. The number of carboxylic acid groups (broad SMARTS) is 1. The first-order valence-electron chi connectivity index (χ1n) is 3.86. The molecule has 4 heteroatoms. The van der Waals surface area contributed by atoms with Crippen molar-refractivity contribution in [1.82, 2.24) is 0 Å². The van der Waals surface area contributed by atoms with Gasteiger partial charge in [0.25, 0.3) is 0 Å². The maximum absolute atomic E-state index is 10.6. The summed E-state index contributed by atoms with van der Waals surface area (Å²) in [7, 11) is 0. The topological polar surface area (TPSA) is 63.3 Å². The normalized spacial score (nSPS) is 9.00. The zero-order valence-electron chi connectivity index (χ0n) is 7.25. The Morgan fingerprint density at radius 1 is 1.50 bits per heavy atom. The van der Waals surface area contributed by atoms with E-state index in [4.69, 9.17) is 22.4 Å². The predicted octanol–water partition coefficient (Wildman–Crippen LogP) is 1.35. The molecule has 0 fully saturated rings. The van der Waals surface area contributed by atoms with Crippen molar-refractivity contribution >= 4 is 17.6 Å². The number of halogens is 1. The molecule has 1 aromatic rings. The first kappa shape index (κ1) is 10.6. The van der Waals surface area contributed by atoms with Crippen LogP contribution in [0.25, 0.3) is 0 Å². The summed E-state index contributed by atoms with van der Waals surface area (Å²) in [5, 5.41) is 9.08. The minimum absolute atomic E-state index is 0.124. The molecule has 3 N–H and O–H groups in total. The summed E-state index contributed by atoms with van der Waals surface area (Å²) in [5.74, 6) is 4.32. The van der Waals surface area contributed by atoms with Gasteiger partial charge in [-0.2, -0.15) is 0 Å². The molecule has 0 aliphatic heterocycles. The van der Waals surface area contributed by atoms with Gasteiger partial charge in [0.2, 0.25) is 0 Å². The van der Waals surface area contributed by atoms with Crippen molar-refractivity contribution in [1.29, 1.82) is 0 Å². The number of benzene rings is 1. The molecule has 72 valence electrons. The first-order chi connectivity index (χ1) is 6.63. The van der Waals surface area contributed by atoms with Crippen molar-refractivity contribution in [2.24, 2.45) is 5.73 Å². The molecule has 0 aliphatic carbocycles. The average molecular weight is 210 g/mol. The Bertz CT molecular complexity index is 418. The number of carboxylic acids is 1. The van der Waals surface area contributed by atoms with Crippen LogP contribution in [0.5, 0.6) is 0 Å². The summed E-state index contributed by atoms with van der Waals surface area (Å²) in [6.07, 6.45) is 0. The van der Waals surface area contributed by atoms with Crippen LogP contribution in [0.4, 0.5) is 0 Å². The number of hydrogen-bond donors (Lipinski definition) is 2. The van der Waals surface area contributed by atoms with E-state index in [1.54, 1.807) is 6.07 Å². The average Bonchev–Trinajstić information content (AvgIpc) is 2.14. The lowest BCUT2D eigenvalue weighted by molar-refractivity contribution is 0.0697. The van der Waals surface area contributed by atoms with E-state index in [1.165, 1.54) is 12.1 Å². The van der Waals surface area contributed by atoms with Crippen LogP contribution >= 0.6 is 11.6 Å². The van der Waals surface area contributed by atoms with E-state index in [0.29, 0.717) is 10.6 Å². The molecular formula is C10H8ClNO2. The smallest absolute Gasteiger partial charge is 0.335 e. The van der Waals surface area contributed by atoms with Crippen LogP contribution in [0.15, 0.2) is 18.2 Å². The SMILES string of the molecule is NCC#Cc1cc(Cl)cc(C(=O)O)c1. The van der Waals surface area contributed by atoms with Crippen LogP contribution in [-0.4, -0.2) is 17.6 Å². The van der Waals surface area contributed by atoms with Gasteiger partial charge < -0.3 is 10.8 Å². The summed E-state index contributed by atoms with van der Waals surface area (Å²) < 4.78 is 0. The van der Waals surface area contributed by atoms with Crippen LogP contribution in [0, 0.1) is 11.8 Å². The van der Waals surface area contributed by atoms with Crippen molar-refractivity contribution in [3.8, 4) is 11.8 Å². The molecule has 0 amide bonds. The summed E-state index contributed by atoms with van der Waals surface area (Å²) in [6.45, 7) is 0.231. The predicted molar refractivity (Wildman–Crippen MR) is 54.3 cm³/mol. The van der Waals surface area contributed by atoms with Crippen molar-refractivity contribution in [3.05, 3.63) is 34.3 Å². The van der Waals surface area contributed by atoms with E-state index in [2.05, 4.69) is 11.8 Å². The molecule has 0 aliphatic rings. The van der Waals surface area contributed by atoms with Gasteiger partial charge in [-0.1, -0.05) is 23.4 Å². The summed E-state index contributed by atoms with van der Waals surface area (Å²) >= 11 is 5.71. The lowest BCUT2D eigenvalue weighted by Crippen LogP contribution is -1.97. The van der Waals surface area contributed by atoms with E-state index >= 15 is 0 Å². The summed E-state index contributed by atoms with van der Waals surface area (Å²) in [5.41, 5.74) is 5.87. The molecular weight excluding hydrogens is 202 g/mol. The largest absolute Gasteiger partial charge is 0.478 e. The van der Waals surface area contributed by atoms with E-state index in [0.717, 1.165) is 0 Å². The van der Waals surface area contributed by atoms with E-state index in [1.807, 2.05) is 0 Å². The highest BCUT2D eigenvalue weighted by Gasteiger charge is 2.04. The van der Waals surface area contributed by atoms with E-state index < -0.39 is 5.97 Å². The monoisotopic (exact) mass is 209 g/mol. The zero-order chi connectivity index (χ0) is 10.6. The second-order valence-electron chi connectivity index (χ2n) is 2.54. The number of aromatic carboxylic acids is 1. The Labute approximate surface area is 86.5 Å². The molecule has 0 heterocycles. The van der Waals surface area contributed by atoms with E-state index in [-0.39, 0.29) is 12.1 Å². The number of rotatable bonds is 1. The highest BCUT2D eigenvalue weighted by Crippen LogP contribution is 2.14. The Hall–Kier alpha value is -1.50. The van der Waals surface area contributed by atoms with E-state index in [9.17, 15) is 4.79 Å². The van der Waals surface area contributed by atoms with Gasteiger partial charge in [0.15, 0.2) is 0 Å². The second kappa shape index (κ2) is 4.66. The van der Waals surface area contributed by atoms with Gasteiger partial charge in [-0.25, -0.2) is 4.79 Å². The van der Waals surface area contributed by atoms with Crippen LogP contribution in [0.2, 0.25) is 5.02 Å². The van der Waals surface area contributed by atoms with Gasteiger partial charge >= 0.3 is 5.97 Å². The molecule has 0 saturated heterocycles. The lowest BCUT2D eigenvalue weighted by atomic mass is 10.1. The number of hydrogen-bond acceptors (Lipinski definition) is 2. The van der Waals surface area contributed by atoms with Crippen molar-refractivity contribution < 1.29 is 9.90 Å².